The molecule has 1 unspecified atom stereocenters. The van der Waals surface area contributed by atoms with Crippen molar-refractivity contribution in [3.05, 3.63) is 58.5 Å². The van der Waals surface area contributed by atoms with Crippen molar-refractivity contribution in [2.75, 3.05) is 0 Å². The van der Waals surface area contributed by atoms with Gasteiger partial charge in [-0.2, -0.15) is 0 Å². The smallest absolute Gasteiger partial charge is 0.120 e. The third-order valence-corrected chi connectivity index (χ3v) is 2.97. The van der Waals surface area contributed by atoms with Crippen LogP contribution < -0.4 is 5.32 Å². The molecule has 2 nitrogen and oxygen atoms in total. The first kappa shape index (κ1) is 12.2. The topological polar surface area (TPSA) is 25.2 Å². The van der Waals surface area contributed by atoms with Crippen LogP contribution in [0, 0.1) is 6.92 Å². The number of hydrogen-bond donors (Lipinski definition) is 1. The Morgan fingerprint density at radius 1 is 1.18 bits per heavy atom. The van der Waals surface area contributed by atoms with E-state index in [9.17, 15) is 0 Å². The van der Waals surface area contributed by atoms with E-state index in [-0.39, 0.29) is 6.04 Å². The van der Waals surface area contributed by atoms with Crippen LogP contribution in [-0.2, 0) is 6.54 Å². The van der Waals surface area contributed by atoms with E-state index in [4.69, 9.17) is 16.0 Å². The maximum absolute atomic E-state index is 5.84. The van der Waals surface area contributed by atoms with E-state index >= 15 is 0 Å². The molecule has 2 aromatic rings. The van der Waals surface area contributed by atoms with Gasteiger partial charge in [-0.05, 0) is 43.7 Å². The lowest BCUT2D eigenvalue weighted by molar-refractivity contribution is 0.416. The van der Waals surface area contributed by atoms with Crippen molar-refractivity contribution < 1.29 is 4.42 Å². The van der Waals surface area contributed by atoms with Crippen molar-refractivity contribution in [3.8, 4) is 0 Å². The fraction of sp³-hybridized carbons (Fsp3) is 0.286. The van der Waals surface area contributed by atoms with Crippen LogP contribution in [0.15, 0.2) is 40.8 Å². The van der Waals surface area contributed by atoms with Gasteiger partial charge >= 0.3 is 0 Å². The molecule has 0 amide bonds. The molecule has 0 saturated heterocycles. The molecule has 0 spiro atoms. The minimum atomic E-state index is 0.208. The SMILES string of the molecule is Cc1ccc(C(C)NCc2ccc(Cl)cc2)o1. The lowest BCUT2D eigenvalue weighted by Crippen LogP contribution is -2.17. The summed E-state index contributed by atoms with van der Waals surface area (Å²) in [5.41, 5.74) is 1.21. The predicted molar refractivity (Wildman–Crippen MR) is 70.2 cm³/mol. The van der Waals surface area contributed by atoms with Crippen LogP contribution in [0.5, 0.6) is 0 Å². The predicted octanol–water partition coefficient (Wildman–Crippen LogP) is 4.09. The molecule has 0 aliphatic heterocycles. The summed E-state index contributed by atoms with van der Waals surface area (Å²) < 4.78 is 5.57. The monoisotopic (exact) mass is 249 g/mol. The average Bonchev–Trinajstić information content (AvgIpc) is 2.75. The van der Waals surface area contributed by atoms with Crippen molar-refractivity contribution in [1.82, 2.24) is 5.32 Å². The van der Waals surface area contributed by atoms with Crippen molar-refractivity contribution in [3.63, 3.8) is 0 Å². The maximum atomic E-state index is 5.84. The highest BCUT2D eigenvalue weighted by Crippen LogP contribution is 2.16. The van der Waals surface area contributed by atoms with Gasteiger partial charge in [0.05, 0.1) is 6.04 Å². The normalized spacial score (nSPS) is 12.6. The molecule has 0 saturated carbocycles. The van der Waals surface area contributed by atoms with Crippen LogP contribution in [0.3, 0.4) is 0 Å². The van der Waals surface area contributed by atoms with Gasteiger partial charge in [0.25, 0.3) is 0 Å². The molecular weight excluding hydrogens is 234 g/mol. The highest BCUT2D eigenvalue weighted by Gasteiger charge is 2.08. The van der Waals surface area contributed by atoms with E-state index in [1.165, 1.54) is 5.56 Å². The van der Waals surface area contributed by atoms with Crippen LogP contribution in [0.25, 0.3) is 0 Å². The van der Waals surface area contributed by atoms with E-state index < -0.39 is 0 Å². The lowest BCUT2D eigenvalue weighted by atomic mass is 10.2. The fourth-order valence-electron chi connectivity index (χ4n) is 1.66. The fourth-order valence-corrected chi connectivity index (χ4v) is 1.79. The van der Waals surface area contributed by atoms with E-state index in [1.807, 2.05) is 43.3 Å². The van der Waals surface area contributed by atoms with Gasteiger partial charge in [0.1, 0.15) is 11.5 Å². The van der Waals surface area contributed by atoms with Gasteiger partial charge in [-0.15, -0.1) is 0 Å². The largest absolute Gasteiger partial charge is 0.465 e. The summed E-state index contributed by atoms with van der Waals surface area (Å²) in [6.45, 7) is 4.85. The quantitative estimate of drug-likeness (QED) is 0.883. The first-order valence-electron chi connectivity index (χ1n) is 5.69. The Bertz CT molecular complexity index is 475. The number of rotatable bonds is 4. The van der Waals surface area contributed by atoms with Gasteiger partial charge in [0.2, 0.25) is 0 Å². The van der Waals surface area contributed by atoms with Gasteiger partial charge in [0, 0.05) is 11.6 Å². The van der Waals surface area contributed by atoms with Crippen LogP contribution in [-0.4, -0.2) is 0 Å². The molecule has 90 valence electrons. The number of hydrogen-bond acceptors (Lipinski definition) is 2. The van der Waals surface area contributed by atoms with E-state index in [0.717, 1.165) is 23.1 Å². The summed E-state index contributed by atoms with van der Waals surface area (Å²) >= 11 is 5.84. The zero-order chi connectivity index (χ0) is 12.3. The van der Waals surface area contributed by atoms with Crippen LogP contribution >= 0.6 is 11.6 Å². The molecule has 3 heteroatoms. The maximum Gasteiger partial charge on any atom is 0.120 e. The van der Waals surface area contributed by atoms with Gasteiger partial charge < -0.3 is 9.73 Å². The Morgan fingerprint density at radius 3 is 2.47 bits per heavy atom. The second kappa shape index (κ2) is 5.39. The van der Waals surface area contributed by atoms with Crippen LogP contribution in [0.4, 0.5) is 0 Å². The number of furan rings is 1. The Kier molecular flexibility index (Phi) is 3.87. The minimum absolute atomic E-state index is 0.208. The molecule has 2 rings (SSSR count). The zero-order valence-corrected chi connectivity index (χ0v) is 10.8. The van der Waals surface area contributed by atoms with Crippen molar-refractivity contribution in [2.24, 2.45) is 0 Å². The van der Waals surface area contributed by atoms with Crippen molar-refractivity contribution in [2.45, 2.75) is 26.4 Å². The number of nitrogens with one attached hydrogen (secondary N) is 1. The molecule has 0 aliphatic carbocycles. The summed E-state index contributed by atoms with van der Waals surface area (Å²) in [6, 6.07) is 12.1. The molecule has 1 heterocycles. The van der Waals surface area contributed by atoms with E-state index in [1.54, 1.807) is 0 Å². The summed E-state index contributed by atoms with van der Waals surface area (Å²) in [6.07, 6.45) is 0. The molecule has 0 bridgehead atoms. The third kappa shape index (κ3) is 3.35. The Labute approximate surface area is 107 Å². The Morgan fingerprint density at radius 2 is 1.88 bits per heavy atom. The summed E-state index contributed by atoms with van der Waals surface area (Å²) in [5, 5.41) is 4.18. The van der Waals surface area contributed by atoms with E-state index in [2.05, 4.69) is 12.2 Å². The van der Waals surface area contributed by atoms with Crippen LogP contribution in [0.1, 0.15) is 30.0 Å². The van der Waals surface area contributed by atoms with E-state index in [0.29, 0.717) is 0 Å². The zero-order valence-electron chi connectivity index (χ0n) is 10.0. The standard InChI is InChI=1S/C14H16ClNO/c1-10-3-8-14(17-10)11(2)16-9-12-4-6-13(15)7-5-12/h3-8,11,16H,9H2,1-2H3. The van der Waals surface area contributed by atoms with Gasteiger partial charge in [-0.1, -0.05) is 23.7 Å². The molecule has 0 aliphatic rings. The molecule has 1 atom stereocenters. The lowest BCUT2D eigenvalue weighted by Gasteiger charge is -2.11. The average molecular weight is 250 g/mol. The first-order chi connectivity index (χ1) is 8.15. The summed E-state index contributed by atoms with van der Waals surface area (Å²) in [7, 11) is 0. The third-order valence-electron chi connectivity index (χ3n) is 2.71. The Hall–Kier alpha value is -1.25. The number of aryl methyl sites for hydroxylation is 1. The number of halogens is 1. The van der Waals surface area contributed by atoms with Gasteiger partial charge in [-0.3, -0.25) is 0 Å². The summed E-state index contributed by atoms with van der Waals surface area (Å²) in [5.74, 6) is 1.91. The molecule has 17 heavy (non-hydrogen) atoms. The second-order valence-electron chi connectivity index (χ2n) is 4.18. The molecule has 1 aromatic carbocycles. The van der Waals surface area contributed by atoms with Gasteiger partial charge in [0.15, 0.2) is 0 Å². The molecule has 1 N–H and O–H groups in total. The highest BCUT2D eigenvalue weighted by atomic mass is 35.5. The summed E-state index contributed by atoms with van der Waals surface area (Å²) in [4.78, 5) is 0. The molecule has 1 aromatic heterocycles. The van der Waals surface area contributed by atoms with Gasteiger partial charge in [-0.25, -0.2) is 0 Å². The van der Waals surface area contributed by atoms with Crippen molar-refractivity contribution >= 4 is 11.6 Å². The molecular formula is C14H16ClNO. The van der Waals surface area contributed by atoms with Crippen LogP contribution in [0.2, 0.25) is 5.02 Å². The number of benzene rings is 1. The molecule has 0 radical (unpaired) electrons. The highest BCUT2D eigenvalue weighted by molar-refractivity contribution is 6.30. The van der Waals surface area contributed by atoms with Crippen molar-refractivity contribution in [1.29, 1.82) is 0 Å². The second-order valence-corrected chi connectivity index (χ2v) is 4.61. The Balaban J connectivity index is 1.92. The minimum Gasteiger partial charge on any atom is -0.465 e. The first-order valence-corrected chi connectivity index (χ1v) is 6.07. The molecule has 0 fully saturated rings.